The third-order valence-electron chi connectivity index (χ3n) is 4.93. The van der Waals surface area contributed by atoms with E-state index in [0.717, 1.165) is 27.3 Å². The number of hydrogen-bond donors (Lipinski definition) is 0. The average Bonchev–Trinajstić information content (AvgIpc) is 2.79. The molecular weight excluding hydrogens is 373 g/mol. The van der Waals surface area contributed by atoms with Gasteiger partial charge in [-0.05, 0) is 29.7 Å². The average molecular weight is 395 g/mol. The SMILES string of the molecule is Cc1cccnc1P(=O)(c1ccccc1)c1ccccc1C=Cc1ccccc1. The van der Waals surface area contributed by atoms with Gasteiger partial charge < -0.3 is 4.57 Å². The van der Waals surface area contributed by atoms with Gasteiger partial charge in [0.25, 0.3) is 0 Å². The maximum absolute atomic E-state index is 14.8. The quantitative estimate of drug-likeness (QED) is 0.343. The lowest BCUT2D eigenvalue weighted by molar-refractivity contribution is 0.592. The number of hydrogen-bond acceptors (Lipinski definition) is 2. The first-order valence-electron chi connectivity index (χ1n) is 9.60. The normalized spacial score (nSPS) is 13.3. The van der Waals surface area contributed by atoms with E-state index in [9.17, 15) is 4.57 Å². The number of benzene rings is 3. The molecular formula is C26H22NOP. The van der Waals surface area contributed by atoms with E-state index >= 15 is 0 Å². The number of nitrogens with zero attached hydrogens (tertiary/aromatic N) is 1. The van der Waals surface area contributed by atoms with Gasteiger partial charge >= 0.3 is 0 Å². The summed E-state index contributed by atoms with van der Waals surface area (Å²) in [4.78, 5) is 4.58. The highest BCUT2D eigenvalue weighted by atomic mass is 31.2. The van der Waals surface area contributed by atoms with Crippen LogP contribution < -0.4 is 16.0 Å². The van der Waals surface area contributed by atoms with Crippen LogP contribution in [0.4, 0.5) is 0 Å². The Morgan fingerprint density at radius 2 is 1.38 bits per heavy atom. The summed E-state index contributed by atoms with van der Waals surface area (Å²) in [5.41, 5.74) is 3.62. The summed E-state index contributed by atoms with van der Waals surface area (Å²) in [6.07, 6.45) is 5.82. The molecule has 0 radical (unpaired) electrons. The Balaban J connectivity index is 1.93. The largest absolute Gasteiger partial charge is 0.307 e. The maximum atomic E-state index is 14.8. The molecule has 0 bridgehead atoms. The molecule has 0 aliphatic carbocycles. The fourth-order valence-electron chi connectivity index (χ4n) is 3.49. The topological polar surface area (TPSA) is 30.0 Å². The van der Waals surface area contributed by atoms with Gasteiger partial charge in [0, 0.05) is 16.8 Å². The Morgan fingerprint density at radius 3 is 2.10 bits per heavy atom. The molecule has 0 amide bonds. The van der Waals surface area contributed by atoms with Gasteiger partial charge in [-0.3, -0.25) is 4.98 Å². The molecule has 1 heterocycles. The molecule has 3 aromatic carbocycles. The summed E-state index contributed by atoms with van der Waals surface area (Å²) in [7, 11) is -3.14. The summed E-state index contributed by atoms with van der Waals surface area (Å²) in [6.45, 7) is 1.97. The third-order valence-corrected chi connectivity index (χ3v) is 8.11. The second-order valence-electron chi connectivity index (χ2n) is 6.89. The summed E-state index contributed by atoms with van der Waals surface area (Å²) in [5.74, 6) is 0. The number of pyridine rings is 1. The number of aromatic nitrogens is 1. The summed E-state index contributed by atoms with van der Waals surface area (Å²) in [5, 5.41) is 1.60. The van der Waals surface area contributed by atoms with Crippen molar-refractivity contribution in [3.8, 4) is 0 Å². The zero-order valence-electron chi connectivity index (χ0n) is 16.3. The Kier molecular flexibility index (Phi) is 5.55. The molecule has 0 aliphatic heterocycles. The fraction of sp³-hybridized carbons (Fsp3) is 0.0385. The van der Waals surface area contributed by atoms with Crippen molar-refractivity contribution >= 4 is 35.3 Å². The van der Waals surface area contributed by atoms with Crippen LogP contribution in [0.3, 0.4) is 0 Å². The lowest BCUT2D eigenvalue weighted by Crippen LogP contribution is -2.29. The Hall–Kier alpha value is -3.22. The van der Waals surface area contributed by atoms with Gasteiger partial charge in [0.1, 0.15) is 5.44 Å². The van der Waals surface area contributed by atoms with Crippen LogP contribution in [0.2, 0.25) is 0 Å². The van der Waals surface area contributed by atoms with Crippen molar-refractivity contribution in [3.05, 3.63) is 120 Å². The molecule has 0 fully saturated rings. The van der Waals surface area contributed by atoms with E-state index in [0.29, 0.717) is 5.44 Å². The first-order valence-corrected chi connectivity index (χ1v) is 11.3. The van der Waals surface area contributed by atoms with E-state index in [4.69, 9.17) is 0 Å². The standard InChI is InChI=1S/C26H22NOP/c1-21-11-10-20-27-26(21)29(28,24-15-6-3-7-16-24)25-17-9-8-14-23(25)19-18-22-12-4-2-5-13-22/h2-20H,1H3. The van der Waals surface area contributed by atoms with E-state index in [2.05, 4.69) is 23.2 Å². The van der Waals surface area contributed by atoms with Crippen molar-refractivity contribution in [2.24, 2.45) is 0 Å². The number of aryl methyl sites for hydroxylation is 1. The summed E-state index contributed by atoms with van der Waals surface area (Å²) >= 11 is 0. The van der Waals surface area contributed by atoms with E-state index < -0.39 is 7.14 Å². The van der Waals surface area contributed by atoms with Crippen LogP contribution in [0.5, 0.6) is 0 Å². The monoisotopic (exact) mass is 395 g/mol. The molecule has 2 nitrogen and oxygen atoms in total. The number of rotatable bonds is 5. The highest BCUT2D eigenvalue weighted by Gasteiger charge is 2.33. The lowest BCUT2D eigenvalue weighted by Gasteiger charge is -2.22. The van der Waals surface area contributed by atoms with Crippen molar-refractivity contribution in [1.29, 1.82) is 0 Å². The Labute approximate surface area is 172 Å². The van der Waals surface area contributed by atoms with Crippen molar-refractivity contribution in [2.45, 2.75) is 6.92 Å². The first kappa shape index (κ1) is 19.1. The van der Waals surface area contributed by atoms with Gasteiger partial charge in [0.05, 0.1) is 0 Å². The molecule has 1 aromatic heterocycles. The predicted molar refractivity (Wildman–Crippen MR) is 124 cm³/mol. The summed E-state index contributed by atoms with van der Waals surface area (Å²) in [6, 6.07) is 31.6. The fourth-order valence-corrected chi connectivity index (χ4v) is 6.44. The van der Waals surface area contributed by atoms with E-state index in [1.807, 2.05) is 97.9 Å². The van der Waals surface area contributed by atoms with Crippen molar-refractivity contribution < 1.29 is 4.57 Å². The predicted octanol–water partition coefficient (Wildman–Crippen LogP) is 5.20. The van der Waals surface area contributed by atoms with Crippen LogP contribution in [0, 0.1) is 6.92 Å². The van der Waals surface area contributed by atoms with E-state index in [-0.39, 0.29) is 0 Å². The minimum atomic E-state index is -3.14. The smallest absolute Gasteiger partial charge is 0.189 e. The lowest BCUT2D eigenvalue weighted by atomic mass is 10.1. The van der Waals surface area contributed by atoms with Gasteiger partial charge in [-0.25, -0.2) is 0 Å². The Morgan fingerprint density at radius 1 is 0.724 bits per heavy atom. The van der Waals surface area contributed by atoms with Crippen LogP contribution in [-0.2, 0) is 4.57 Å². The van der Waals surface area contributed by atoms with Crippen LogP contribution >= 0.6 is 7.14 Å². The van der Waals surface area contributed by atoms with Crippen LogP contribution in [-0.4, -0.2) is 4.98 Å². The minimum absolute atomic E-state index is 0.645. The molecule has 4 aromatic rings. The second kappa shape index (κ2) is 8.43. The molecule has 29 heavy (non-hydrogen) atoms. The first-order chi connectivity index (χ1) is 14.2. The second-order valence-corrected chi connectivity index (χ2v) is 9.53. The zero-order valence-corrected chi connectivity index (χ0v) is 17.2. The van der Waals surface area contributed by atoms with Crippen molar-refractivity contribution in [3.63, 3.8) is 0 Å². The molecule has 0 saturated carbocycles. The van der Waals surface area contributed by atoms with Gasteiger partial charge in [0.2, 0.25) is 0 Å². The molecule has 0 spiro atoms. The van der Waals surface area contributed by atoms with Crippen molar-refractivity contribution in [2.75, 3.05) is 0 Å². The molecule has 0 saturated heterocycles. The molecule has 1 atom stereocenters. The molecule has 142 valence electrons. The zero-order chi connectivity index (χ0) is 20.1. The third kappa shape index (κ3) is 3.85. The van der Waals surface area contributed by atoms with E-state index in [1.165, 1.54) is 0 Å². The van der Waals surface area contributed by atoms with E-state index in [1.54, 1.807) is 6.20 Å². The molecule has 4 rings (SSSR count). The molecule has 0 aliphatic rings. The van der Waals surface area contributed by atoms with Gasteiger partial charge in [-0.15, -0.1) is 0 Å². The maximum Gasteiger partial charge on any atom is 0.189 e. The molecule has 3 heteroatoms. The van der Waals surface area contributed by atoms with Crippen molar-refractivity contribution in [1.82, 2.24) is 4.98 Å². The van der Waals surface area contributed by atoms with Crippen LogP contribution in [0.1, 0.15) is 16.7 Å². The van der Waals surface area contributed by atoms with Gasteiger partial charge in [-0.1, -0.05) is 103 Å². The molecule has 1 unspecified atom stereocenters. The van der Waals surface area contributed by atoms with Crippen LogP contribution in [0.25, 0.3) is 12.2 Å². The highest BCUT2D eigenvalue weighted by molar-refractivity contribution is 7.85. The van der Waals surface area contributed by atoms with Gasteiger partial charge in [-0.2, -0.15) is 0 Å². The Bertz CT molecular complexity index is 1180. The minimum Gasteiger partial charge on any atom is -0.307 e. The highest BCUT2D eigenvalue weighted by Crippen LogP contribution is 2.43. The van der Waals surface area contributed by atoms with Gasteiger partial charge in [0.15, 0.2) is 7.14 Å². The van der Waals surface area contributed by atoms with Crippen LogP contribution in [0.15, 0.2) is 103 Å². The molecule has 0 N–H and O–H groups in total. The summed E-state index contributed by atoms with van der Waals surface area (Å²) < 4.78 is 14.8.